The van der Waals surface area contributed by atoms with Crippen molar-refractivity contribution in [1.82, 2.24) is 0 Å². The molecule has 1 aromatic carbocycles. The van der Waals surface area contributed by atoms with Crippen LogP contribution in [0, 0.1) is 0 Å². The number of aromatic hydroxyl groups is 1. The molecule has 4 nitrogen and oxygen atoms in total. The first kappa shape index (κ1) is 11.5. The fraction of sp³-hybridized carbons (Fsp3) is 0.364. The van der Waals surface area contributed by atoms with Crippen molar-refractivity contribution < 1.29 is 19.7 Å². The third kappa shape index (κ3) is 3.25. The van der Waals surface area contributed by atoms with Crippen molar-refractivity contribution in [2.45, 2.75) is 26.1 Å². The summed E-state index contributed by atoms with van der Waals surface area (Å²) < 4.78 is 5.26. The van der Waals surface area contributed by atoms with E-state index in [4.69, 9.17) is 14.9 Å². The van der Waals surface area contributed by atoms with E-state index >= 15 is 0 Å². The zero-order valence-corrected chi connectivity index (χ0v) is 8.68. The van der Waals surface area contributed by atoms with Crippen LogP contribution in [0.2, 0.25) is 0 Å². The molecule has 0 spiro atoms. The van der Waals surface area contributed by atoms with Gasteiger partial charge in [0.2, 0.25) is 0 Å². The monoisotopic (exact) mass is 210 g/mol. The van der Waals surface area contributed by atoms with Crippen molar-refractivity contribution in [3.8, 4) is 5.75 Å². The Morgan fingerprint density at radius 3 is 2.27 bits per heavy atom. The molecule has 0 aliphatic rings. The van der Waals surface area contributed by atoms with Gasteiger partial charge in [-0.05, 0) is 31.5 Å². The van der Waals surface area contributed by atoms with E-state index in [1.54, 1.807) is 31.2 Å². The molecule has 15 heavy (non-hydrogen) atoms. The molecule has 82 valence electrons. The second kappa shape index (κ2) is 4.79. The van der Waals surface area contributed by atoms with E-state index in [9.17, 15) is 4.79 Å². The Balaban J connectivity index is 2.64. The minimum Gasteiger partial charge on any atom is -0.508 e. The third-order valence-electron chi connectivity index (χ3n) is 2.12. The molecule has 4 heteroatoms. The maximum atomic E-state index is 10.6. The molecular weight excluding hydrogens is 196 g/mol. The minimum atomic E-state index is -0.986. The Morgan fingerprint density at radius 2 is 1.80 bits per heavy atom. The van der Waals surface area contributed by atoms with E-state index in [1.165, 1.54) is 6.92 Å². The summed E-state index contributed by atoms with van der Waals surface area (Å²) in [4.78, 5) is 10.6. The number of carboxylic acid groups (broad SMARTS) is 1. The highest BCUT2D eigenvalue weighted by atomic mass is 16.5. The number of carbonyl (C=O) groups is 1. The van der Waals surface area contributed by atoms with Gasteiger partial charge in [0.1, 0.15) is 5.75 Å². The van der Waals surface area contributed by atoms with E-state index in [-0.39, 0.29) is 11.9 Å². The SMILES string of the molecule is C[C@H](O[C@@H](C)c1ccc(O)cc1)C(=O)O. The molecule has 0 aromatic heterocycles. The number of hydrogen-bond acceptors (Lipinski definition) is 3. The van der Waals surface area contributed by atoms with E-state index in [2.05, 4.69) is 0 Å². The van der Waals surface area contributed by atoms with Gasteiger partial charge in [0.25, 0.3) is 0 Å². The largest absolute Gasteiger partial charge is 0.508 e. The smallest absolute Gasteiger partial charge is 0.332 e. The lowest BCUT2D eigenvalue weighted by molar-refractivity contribution is -0.152. The summed E-state index contributed by atoms with van der Waals surface area (Å²) in [6.45, 7) is 3.26. The number of ether oxygens (including phenoxy) is 1. The van der Waals surface area contributed by atoms with Gasteiger partial charge < -0.3 is 14.9 Å². The number of phenolic OH excluding ortho intramolecular Hbond substituents is 1. The van der Waals surface area contributed by atoms with Crippen LogP contribution in [0.3, 0.4) is 0 Å². The fourth-order valence-corrected chi connectivity index (χ4v) is 1.19. The first-order chi connectivity index (χ1) is 7.00. The summed E-state index contributed by atoms with van der Waals surface area (Å²) in [6, 6.07) is 6.49. The van der Waals surface area contributed by atoms with Crippen molar-refractivity contribution >= 4 is 5.97 Å². The predicted molar refractivity (Wildman–Crippen MR) is 54.7 cm³/mol. The van der Waals surface area contributed by atoms with E-state index in [1.807, 2.05) is 0 Å². The van der Waals surface area contributed by atoms with Gasteiger partial charge in [0.15, 0.2) is 6.10 Å². The van der Waals surface area contributed by atoms with Gasteiger partial charge in [-0.25, -0.2) is 4.79 Å². The summed E-state index contributed by atoms with van der Waals surface area (Å²) in [6.07, 6.45) is -1.15. The molecule has 0 fully saturated rings. The molecule has 0 bridgehead atoms. The topological polar surface area (TPSA) is 66.8 Å². The zero-order chi connectivity index (χ0) is 11.4. The van der Waals surface area contributed by atoms with Crippen LogP contribution in [-0.4, -0.2) is 22.3 Å². The average Bonchev–Trinajstić information content (AvgIpc) is 2.18. The second-order valence-electron chi connectivity index (χ2n) is 3.35. The van der Waals surface area contributed by atoms with Gasteiger partial charge in [0, 0.05) is 0 Å². The molecule has 1 aromatic rings. The molecule has 0 amide bonds. The van der Waals surface area contributed by atoms with Crippen LogP contribution in [0.25, 0.3) is 0 Å². The second-order valence-corrected chi connectivity index (χ2v) is 3.35. The summed E-state index contributed by atoms with van der Waals surface area (Å²) in [7, 11) is 0. The fourth-order valence-electron chi connectivity index (χ4n) is 1.19. The Bertz CT molecular complexity index is 331. The summed E-state index contributed by atoms with van der Waals surface area (Å²) >= 11 is 0. The van der Waals surface area contributed by atoms with E-state index in [0.717, 1.165) is 5.56 Å². The Morgan fingerprint density at radius 1 is 1.27 bits per heavy atom. The standard InChI is InChI=1S/C11H14O4/c1-7(15-8(2)11(13)14)9-3-5-10(12)6-4-9/h3-8,12H,1-2H3,(H,13,14)/t7-,8-/m0/s1. The summed E-state index contributed by atoms with van der Waals surface area (Å²) in [5.41, 5.74) is 0.834. The van der Waals surface area contributed by atoms with Crippen LogP contribution in [0.5, 0.6) is 5.75 Å². The molecule has 0 aliphatic carbocycles. The third-order valence-corrected chi connectivity index (χ3v) is 2.12. The quantitative estimate of drug-likeness (QED) is 0.797. The molecule has 0 radical (unpaired) electrons. The molecule has 2 N–H and O–H groups in total. The van der Waals surface area contributed by atoms with Crippen molar-refractivity contribution in [3.05, 3.63) is 29.8 Å². The van der Waals surface area contributed by atoms with E-state index in [0.29, 0.717) is 0 Å². The highest BCUT2D eigenvalue weighted by Gasteiger charge is 2.16. The number of phenols is 1. The average molecular weight is 210 g/mol. The van der Waals surface area contributed by atoms with Crippen LogP contribution in [-0.2, 0) is 9.53 Å². The van der Waals surface area contributed by atoms with Crippen molar-refractivity contribution in [2.24, 2.45) is 0 Å². The zero-order valence-electron chi connectivity index (χ0n) is 8.68. The van der Waals surface area contributed by atoms with Crippen molar-refractivity contribution in [2.75, 3.05) is 0 Å². The lowest BCUT2D eigenvalue weighted by atomic mass is 10.1. The van der Waals surface area contributed by atoms with Crippen molar-refractivity contribution in [1.29, 1.82) is 0 Å². The molecule has 1 rings (SSSR count). The maximum Gasteiger partial charge on any atom is 0.332 e. The van der Waals surface area contributed by atoms with Gasteiger partial charge >= 0.3 is 5.97 Å². The first-order valence-electron chi connectivity index (χ1n) is 4.68. The highest BCUT2D eigenvalue weighted by Crippen LogP contribution is 2.20. The van der Waals surface area contributed by atoms with Gasteiger partial charge in [-0.1, -0.05) is 12.1 Å². The van der Waals surface area contributed by atoms with Gasteiger partial charge in [0.05, 0.1) is 6.10 Å². The molecule has 0 unspecified atom stereocenters. The van der Waals surface area contributed by atoms with E-state index < -0.39 is 12.1 Å². The first-order valence-corrected chi connectivity index (χ1v) is 4.68. The number of rotatable bonds is 4. The van der Waals surface area contributed by atoms with Crippen molar-refractivity contribution in [3.63, 3.8) is 0 Å². The Hall–Kier alpha value is -1.55. The van der Waals surface area contributed by atoms with Gasteiger partial charge in [-0.2, -0.15) is 0 Å². The Labute approximate surface area is 88.1 Å². The summed E-state index contributed by atoms with van der Waals surface area (Å²) in [5.74, 6) is -0.808. The molecule has 0 saturated heterocycles. The maximum absolute atomic E-state index is 10.6. The Kier molecular flexibility index (Phi) is 3.68. The molecule has 0 saturated carbocycles. The lowest BCUT2D eigenvalue weighted by Gasteiger charge is -2.16. The van der Waals surface area contributed by atoms with Crippen LogP contribution in [0.1, 0.15) is 25.5 Å². The number of hydrogen-bond donors (Lipinski definition) is 2. The van der Waals surface area contributed by atoms with Crippen LogP contribution < -0.4 is 0 Å². The number of aliphatic carboxylic acids is 1. The number of carboxylic acids is 1. The van der Waals surface area contributed by atoms with Crippen LogP contribution >= 0.6 is 0 Å². The summed E-state index contributed by atoms with van der Waals surface area (Å²) in [5, 5.41) is 17.7. The molecular formula is C11H14O4. The van der Waals surface area contributed by atoms with Crippen LogP contribution in [0.15, 0.2) is 24.3 Å². The molecule has 0 heterocycles. The molecule has 2 atom stereocenters. The number of benzene rings is 1. The van der Waals surface area contributed by atoms with Gasteiger partial charge in [-0.3, -0.25) is 0 Å². The van der Waals surface area contributed by atoms with Gasteiger partial charge in [-0.15, -0.1) is 0 Å². The highest BCUT2D eigenvalue weighted by molar-refractivity contribution is 5.71. The lowest BCUT2D eigenvalue weighted by Crippen LogP contribution is -2.21. The van der Waals surface area contributed by atoms with Crippen LogP contribution in [0.4, 0.5) is 0 Å². The molecule has 0 aliphatic heterocycles. The normalized spacial score (nSPS) is 14.5. The minimum absolute atomic E-state index is 0.178. The predicted octanol–water partition coefficient (Wildman–Crippen LogP) is 1.94.